The Kier molecular flexibility index (Phi) is 4.74. The maximum absolute atomic E-state index is 5.47. The first-order chi connectivity index (χ1) is 14.3. The van der Waals surface area contributed by atoms with Gasteiger partial charge in [-0.1, -0.05) is 18.2 Å². The fourth-order valence-corrected chi connectivity index (χ4v) is 3.93. The molecule has 5 heteroatoms. The van der Waals surface area contributed by atoms with Crippen LogP contribution in [0.25, 0.3) is 0 Å². The summed E-state index contributed by atoms with van der Waals surface area (Å²) in [7, 11) is 0. The number of anilines is 3. The van der Waals surface area contributed by atoms with Gasteiger partial charge in [0.2, 0.25) is 0 Å². The van der Waals surface area contributed by atoms with Gasteiger partial charge in [-0.3, -0.25) is 4.99 Å². The fraction of sp³-hybridized carbons (Fsp3) is 0.250. The first-order valence-corrected chi connectivity index (χ1v) is 10.1. The lowest BCUT2D eigenvalue weighted by molar-refractivity contribution is 0.122. The molecule has 5 nitrogen and oxygen atoms in total. The van der Waals surface area contributed by atoms with E-state index in [1.165, 1.54) is 16.7 Å². The highest BCUT2D eigenvalue weighted by Crippen LogP contribution is 2.28. The molecule has 1 fully saturated rings. The summed E-state index contributed by atoms with van der Waals surface area (Å²) >= 11 is 0. The minimum absolute atomic E-state index is 0.727. The number of nitrogens with one attached hydrogen (secondary N) is 1. The lowest BCUT2D eigenvalue weighted by atomic mass is 10.00. The molecule has 0 saturated carbocycles. The molecule has 29 heavy (non-hydrogen) atoms. The summed E-state index contributed by atoms with van der Waals surface area (Å²) in [4.78, 5) is 11.7. The monoisotopic (exact) mass is 384 g/mol. The summed E-state index contributed by atoms with van der Waals surface area (Å²) < 4.78 is 5.47. The van der Waals surface area contributed by atoms with Crippen LogP contribution in [0.4, 0.5) is 17.2 Å². The minimum Gasteiger partial charge on any atom is -0.378 e. The third kappa shape index (κ3) is 3.74. The number of nitrogens with zero attached hydrogens (tertiary/aromatic N) is 3. The van der Waals surface area contributed by atoms with Gasteiger partial charge in [-0.2, -0.15) is 0 Å². The molecule has 1 saturated heterocycles. The van der Waals surface area contributed by atoms with Crippen LogP contribution in [-0.2, 0) is 11.3 Å². The third-order valence-electron chi connectivity index (χ3n) is 5.43. The van der Waals surface area contributed by atoms with E-state index in [1.54, 1.807) is 0 Å². The molecular formula is C24H24N4O. The Bertz CT molecular complexity index is 1070. The standard InChI is InChI=1S/C24H24N4O/c1-17-3-2-4-20(13-17)27-21-6-5-19-16-26-24(22(19)15-21)18-7-8-25-23(14-18)28-9-11-29-12-10-28/h2-8,13-15,27H,9-12,16H2,1H3. The van der Waals surface area contributed by atoms with Crippen LogP contribution in [0.15, 0.2) is 65.8 Å². The predicted octanol–water partition coefficient (Wildman–Crippen LogP) is 4.32. The molecule has 3 heterocycles. The average Bonchev–Trinajstić information content (AvgIpc) is 3.18. The highest BCUT2D eigenvalue weighted by molar-refractivity contribution is 6.15. The van der Waals surface area contributed by atoms with Crippen LogP contribution in [0.3, 0.4) is 0 Å². The lowest BCUT2D eigenvalue weighted by Crippen LogP contribution is -2.36. The zero-order valence-electron chi connectivity index (χ0n) is 16.6. The normalized spacial score (nSPS) is 15.8. The molecule has 0 atom stereocenters. The minimum atomic E-state index is 0.727. The molecule has 2 aromatic carbocycles. The largest absolute Gasteiger partial charge is 0.378 e. The summed E-state index contributed by atoms with van der Waals surface area (Å²) in [5, 5.41) is 3.52. The number of hydrogen-bond acceptors (Lipinski definition) is 5. The van der Waals surface area contributed by atoms with Gasteiger partial charge in [0.15, 0.2) is 0 Å². The molecule has 2 aliphatic heterocycles. The number of aliphatic imine (C=N–C) groups is 1. The molecule has 0 bridgehead atoms. The summed E-state index contributed by atoms with van der Waals surface area (Å²) in [6.45, 7) is 6.10. The van der Waals surface area contributed by atoms with E-state index in [2.05, 4.69) is 76.7 Å². The van der Waals surface area contributed by atoms with Crippen molar-refractivity contribution in [2.75, 3.05) is 36.5 Å². The quantitative estimate of drug-likeness (QED) is 0.728. The van der Waals surface area contributed by atoms with Crippen molar-refractivity contribution >= 4 is 22.9 Å². The molecule has 5 rings (SSSR count). The van der Waals surface area contributed by atoms with Crippen molar-refractivity contribution in [1.29, 1.82) is 0 Å². The Balaban J connectivity index is 1.43. The molecule has 146 valence electrons. The number of benzene rings is 2. The molecule has 0 unspecified atom stereocenters. The fourth-order valence-electron chi connectivity index (χ4n) is 3.93. The maximum atomic E-state index is 5.47. The number of rotatable bonds is 4. The number of hydrogen-bond donors (Lipinski definition) is 1. The van der Waals surface area contributed by atoms with Crippen LogP contribution in [0.1, 0.15) is 22.3 Å². The van der Waals surface area contributed by atoms with Crippen LogP contribution in [0.2, 0.25) is 0 Å². The Labute approximate surface area is 171 Å². The smallest absolute Gasteiger partial charge is 0.129 e. The first kappa shape index (κ1) is 17.9. The van der Waals surface area contributed by atoms with Gasteiger partial charge in [-0.05, 0) is 54.4 Å². The van der Waals surface area contributed by atoms with Gasteiger partial charge < -0.3 is 15.0 Å². The van der Waals surface area contributed by atoms with Crippen molar-refractivity contribution in [3.8, 4) is 0 Å². The number of aromatic nitrogens is 1. The van der Waals surface area contributed by atoms with E-state index in [0.717, 1.165) is 61.3 Å². The van der Waals surface area contributed by atoms with Crippen LogP contribution < -0.4 is 10.2 Å². The van der Waals surface area contributed by atoms with E-state index >= 15 is 0 Å². The van der Waals surface area contributed by atoms with Crippen molar-refractivity contribution < 1.29 is 4.74 Å². The molecule has 2 aliphatic rings. The van der Waals surface area contributed by atoms with E-state index in [0.29, 0.717) is 0 Å². The average molecular weight is 384 g/mol. The van der Waals surface area contributed by atoms with Gasteiger partial charge in [0.25, 0.3) is 0 Å². The highest BCUT2D eigenvalue weighted by Gasteiger charge is 2.20. The second-order valence-electron chi connectivity index (χ2n) is 7.53. The van der Waals surface area contributed by atoms with Gasteiger partial charge in [-0.15, -0.1) is 0 Å². The van der Waals surface area contributed by atoms with Crippen molar-refractivity contribution in [1.82, 2.24) is 4.98 Å². The zero-order chi connectivity index (χ0) is 19.6. The van der Waals surface area contributed by atoms with E-state index in [9.17, 15) is 0 Å². The van der Waals surface area contributed by atoms with Gasteiger partial charge in [0, 0.05) is 41.8 Å². The second-order valence-corrected chi connectivity index (χ2v) is 7.53. The van der Waals surface area contributed by atoms with E-state index in [1.807, 2.05) is 6.20 Å². The molecule has 3 aromatic rings. The SMILES string of the molecule is Cc1cccc(Nc2ccc3c(c2)C(c2ccnc(N4CCOCC4)c2)=NC3)c1. The Morgan fingerprint density at radius 1 is 0.966 bits per heavy atom. The first-order valence-electron chi connectivity index (χ1n) is 10.1. The Hall–Kier alpha value is -3.18. The van der Waals surface area contributed by atoms with Gasteiger partial charge >= 0.3 is 0 Å². The van der Waals surface area contributed by atoms with Gasteiger partial charge in [0.05, 0.1) is 25.5 Å². The number of fused-ring (bicyclic) bond motifs is 1. The zero-order valence-corrected chi connectivity index (χ0v) is 16.6. The van der Waals surface area contributed by atoms with Crippen molar-refractivity contribution in [2.45, 2.75) is 13.5 Å². The van der Waals surface area contributed by atoms with Crippen LogP contribution >= 0.6 is 0 Å². The Morgan fingerprint density at radius 3 is 2.69 bits per heavy atom. The number of morpholine rings is 1. The second kappa shape index (κ2) is 7.68. The van der Waals surface area contributed by atoms with Crippen LogP contribution in [0, 0.1) is 6.92 Å². The molecule has 0 radical (unpaired) electrons. The van der Waals surface area contributed by atoms with Crippen molar-refractivity contribution in [2.24, 2.45) is 4.99 Å². The van der Waals surface area contributed by atoms with Crippen LogP contribution in [0.5, 0.6) is 0 Å². The van der Waals surface area contributed by atoms with Gasteiger partial charge in [0.1, 0.15) is 5.82 Å². The summed E-state index contributed by atoms with van der Waals surface area (Å²) in [5.41, 5.74) is 8.04. The van der Waals surface area contributed by atoms with Gasteiger partial charge in [-0.25, -0.2) is 4.98 Å². The summed E-state index contributed by atoms with van der Waals surface area (Å²) in [6.07, 6.45) is 1.88. The van der Waals surface area contributed by atoms with E-state index < -0.39 is 0 Å². The maximum Gasteiger partial charge on any atom is 0.129 e. The topological polar surface area (TPSA) is 49.8 Å². The number of pyridine rings is 1. The molecular weight excluding hydrogens is 360 g/mol. The Morgan fingerprint density at radius 2 is 1.83 bits per heavy atom. The third-order valence-corrected chi connectivity index (χ3v) is 5.43. The van der Waals surface area contributed by atoms with E-state index in [-0.39, 0.29) is 0 Å². The van der Waals surface area contributed by atoms with E-state index in [4.69, 9.17) is 9.73 Å². The molecule has 0 spiro atoms. The molecule has 0 amide bonds. The molecule has 1 aromatic heterocycles. The molecule has 1 N–H and O–H groups in total. The molecule has 0 aliphatic carbocycles. The van der Waals surface area contributed by atoms with Crippen molar-refractivity contribution in [3.63, 3.8) is 0 Å². The number of ether oxygens (including phenoxy) is 1. The van der Waals surface area contributed by atoms with Crippen LogP contribution in [-0.4, -0.2) is 37.0 Å². The predicted molar refractivity (Wildman–Crippen MR) is 118 cm³/mol. The summed E-state index contributed by atoms with van der Waals surface area (Å²) in [6, 6.07) is 19.1. The highest BCUT2D eigenvalue weighted by atomic mass is 16.5. The van der Waals surface area contributed by atoms with Crippen molar-refractivity contribution in [3.05, 3.63) is 83.0 Å². The summed E-state index contributed by atoms with van der Waals surface area (Å²) in [5.74, 6) is 0.996. The number of aryl methyl sites for hydroxylation is 1. The lowest BCUT2D eigenvalue weighted by Gasteiger charge is -2.28.